The van der Waals surface area contributed by atoms with Crippen LogP contribution in [0.5, 0.6) is 5.75 Å². The van der Waals surface area contributed by atoms with Crippen molar-refractivity contribution in [3.63, 3.8) is 0 Å². The van der Waals surface area contributed by atoms with E-state index in [1.165, 1.54) is 11.1 Å². The topological polar surface area (TPSA) is 55.8 Å². The molecule has 1 aliphatic heterocycles. The zero-order chi connectivity index (χ0) is 19.1. The summed E-state index contributed by atoms with van der Waals surface area (Å²) < 4.78 is 10.6. The first-order valence-electron chi connectivity index (χ1n) is 9.04. The fourth-order valence-electron chi connectivity index (χ4n) is 2.90. The molecule has 5 heteroatoms. The third kappa shape index (κ3) is 5.20. The summed E-state index contributed by atoms with van der Waals surface area (Å²) in [6.07, 6.45) is 2.07. The van der Waals surface area contributed by atoms with E-state index in [0.29, 0.717) is 18.8 Å². The van der Waals surface area contributed by atoms with Gasteiger partial charge in [0.1, 0.15) is 5.75 Å². The van der Waals surface area contributed by atoms with Crippen LogP contribution in [0.15, 0.2) is 66.7 Å². The van der Waals surface area contributed by atoms with E-state index in [2.05, 4.69) is 18.2 Å². The predicted octanol–water partition coefficient (Wildman–Crippen LogP) is 3.31. The molecule has 1 heterocycles. The van der Waals surface area contributed by atoms with Crippen LogP contribution >= 0.6 is 0 Å². The Bertz CT molecular complexity index is 802. The predicted molar refractivity (Wildman–Crippen MR) is 103 cm³/mol. The first kappa shape index (κ1) is 18.7. The highest BCUT2D eigenvalue weighted by atomic mass is 16.6. The Morgan fingerprint density at radius 3 is 2.33 bits per heavy atom. The summed E-state index contributed by atoms with van der Waals surface area (Å²) in [5.41, 5.74) is 2.42. The van der Waals surface area contributed by atoms with Crippen LogP contribution in [-0.2, 0) is 14.3 Å². The summed E-state index contributed by atoms with van der Waals surface area (Å²) in [5.74, 6) is -0.161. The van der Waals surface area contributed by atoms with Crippen molar-refractivity contribution in [1.82, 2.24) is 4.90 Å². The maximum atomic E-state index is 12.3. The lowest BCUT2D eigenvalue weighted by atomic mass is 10.00. The van der Waals surface area contributed by atoms with E-state index in [-0.39, 0.29) is 12.5 Å². The third-order valence-corrected chi connectivity index (χ3v) is 4.43. The maximum absolute atomic E-state index is 12.3. The fraction of sp³-hybridized carbons (Fsp3) is 0.273. The molecule has 3 rings (SSSR count). The van der Waals surface area contributed by atoms with Gasteiger partial charge in [-0.1, -0.05) is 54.6 Å². The number of esters is 1. The van der Waals surface area contributed by atoms with Gasteiger partial charge in [-0.2, -0.15) is 0 Å². The fourth-order valence-corrected chi connectivity index (χ4v) is 2.90. The van der Waals surface area contributed by atoms with Crippen molar-refractivity contribution in [2.75, 3.05) is 19.7 Å². The van der Waals surface area contributed by atoms with Crippen molar-refractivity contribution in [1.29, 1.82) is 0 Å². The summed E-state index contributed by atoms with van der Waals surface area (Å²) in [6, 6.07) is 19.2. The second kappa shape index (κ2) is 9.03. The molecule has 1 atom stereocenters. The lowest BCUT2D eigenvalue weighted by molar-refractivity contribution is -0.157. The zero-order valence-corrected chi connectivity index (χ0v) is 15.3. The monoisotopic (exact) mass is 365 g/mol. The second-order valence-corrected chi connectivity index (χ2v) is 6.37. The van der Waals surface area contributed by atoms with Crippen LogP contribution in [0.2, 0.25) is 0 Å². The minimum absolute atomic E-state index is 0.196. The molecule has 0 bridgehead atoms. The minimum atomic E-state index is -0.772. The summed E-state index contributed by atoms with van der Waals surface area (Å²) in [4.78, 5) is 26.0. The minimum Gasteiger partial charge on any atom is -0.479 e. The molecule has 1 amide bonds. The summed E-state index contributed by atoms with van der Waals surface area (Å²) in [7, 11) is 0. The summed E-state index contributed by atoms with van der Waals surface area (Å²) in [5, 5.41) is 0. The Labute approximate surface area is 159 Å². The van der Waals surface area contributed by atoms with Gasteiger partial charge in [0.2, 0.25) is 0 Å². The van der Waals surface area contributed by atoms with Gasteiger partial charge in [0.05, 0.1) is 0 Å². The van der Waals surface area contributed by atoms with Gasteiger partial charge >= 0.3 is 5.97 Å². The van der Waals surface area contributed by atoms with Crippen molar-refractivity contribution in [2.45, 2.75) is 19.4 Å². The van der Waals surface area contributed by atoms with E-state index in [1.54, 1.807) is 24.0 Å². The number of nitrogens with zero attached hydrogens (tertiary/aromatic N) is 1. The number of para-hydroxylation sites is 1. The van der Waals surface area contributed by atoms with Gasteiger partial charge in [-0.05, 0) is 36.6 Å². The number of amides is 1. The van der Waals surface area contributed by atoms with Crippen molar-refractivity contribution in [3.05, 3.63) is 72.3 Å². The van der Waals surface area contributed by atoms with Crippen LogP contribution in [-0.4, -0.2) is 42.6 Å². The first-order valence-corrected chi connectivity index (χ1v) is 9.04. The molecular formula is C22H23NO4. The standard InChI is InChI=1S/C22H23NO4/c1-17(27-20-10-6-3-7-11-20)22(25)26-16-21(24)23-14-12-19(13-15-23)18-8-4-2-5-9-18/h2-12,17H,13-16H2,1H3/t17-/m1/s1. The van der Waals surface area contributed by atoms with Crippen LogP contribution in [0.1, 0.15) is 18.9 Å². The Morgan fingerprint density at radius 2 is 1.70 bits per heavy atom. The van der Waals surface area contributed by atoms with E-state index in [4.69, 9.17) is 9.47 Å². The molecule has 0 fully saturated rings. The smallest absolute Gasteiger partial charge is 0.347 e. The molecule has 0 spiro atoms. The van der Waals surface area contributed by atoms with E-state index < -0.39 is 12.1 Å². The average molecular weight is 365 g/mol. The molecule has 0 unspecified atom stereocenters. The highest BCUT2D eigenvalue weighted by molar-refractivity contribution is 5.83. The van der Waals surface area contributed by atoms with Gasteiger partial charge in [0, 0.05) is 13.1 Å². The number of carbonyl (C=O) groups is 2. The quantitative estimate of drug-likeness (QED) is 0.737. The van der Waals surface area contributed by atoms with Crippen molar-refractivity contribution >= 4 is 17.4 Å². The number of rotatable bonds is 6. The first-order chi connectivity index (χ1) is 13.1. The van der Waals surface area contributed by atoms with Crippen LogP contribution in [0.25, 0.3) is 5.57 Å². The molecule has 0 aliphatic carbocycles. The normalized spacial score (nSPS) is 14.9. The number of ether oxygens (including phenoxy) is 2. The maximum Gasteiger partial charge on any atom is 0.347 e. The average Bonchev–Trinajstić information content (AvgIpc) is 2.73. The number of hydrogen-bond acceptors (Lipinski definition) is 4. The summed E-state index contributed by atoms with van der Waals surface area (Å²) >= 11 is 0. The van der Waals surface area contributed by atoms with Crippen molar-refractivity contribution in [2.24, 2.45) is 0 Å². The molecule has 2 aromatic carbocycles. The zero-order valence-electron chi connectivity index (χ0n) is 15.3. The van der Waals surface area contributed by atoms with Gasteiger partial charge in [-0.15, -0.1) is 0 Å². The molecular weight excluding hydrogens is 342 g/mol. The number of carbonyl (C=O) groups excluding carboxylic acids is 2. The molecule has 1 aliphatic rings. The lowest BCUT2D eigenvalue weighted by Crippen LogP contribution is -2.38. The lowest BCUT2D eigenvalue weighted by Gasteiger charge is -2.26. The van der Waals surface area contributed by atoms with E-state index >= 15 is 0 Å². The highest BCUT2D eigenvalue weighted by Gasteiger charge is 2.22. The largest absolute Gasteiger partial charge is 0.479 e. The Hall–Kier alpha value is -3.08. The molecule has 0 N–H and O–H groups in total. The number of benzene rings is 2. The van der Waals surface area contributed by atoms with Gasteiger partial charge in [0.15, 0.2) is 12.7 Å². The van der Waals surface area contributed by atoms with Crippen LogP contribution in [0.3, 0.4) is 0 Å². The van der Waals surface area contributed by atoms with Crippen LogP contribution < -0.4 is 4.74 Å². The van der Waals surface area contributed by atoms with E-state index in [0.717, 1.165) is 6.42 Å². The SMILES string of the molecule is C[C@@H](Oc1ccccc1)C(=O)OCC(=O)N1CC=C(c2ccccc2)CC1. The van der Waals surface area contributed by atoms with Gasteiger partial charge in [-0.25, -0.2) is 4.79 Å². The van der Waals surface area contributed by atoms with E-state index in [1.807, 2.05) is 36.4 Å². The third-order valence-electron chi connectivity index (χ3n) is 4.43. The van der Waals surface area contributed by atoms with Crippen LogP contribution in [0.4, 0.5) is 0 Å². The van der Waals surface area contributed by atoms with Gasteiger partial charge in [0.25, 0.3) is 5.91 Å². The Balaban J connectivity index is 1.45. The van der Waals surface area contributed by atoms with Crippen LogP contribution in [0, 0.1) is 0 Å². The van der Waals surface area contributed by atoms with Gasteiger partial charge in [-0.3, -0.25) is 4.79 Å². The molecule has 140 valence electrons. The molecule has 5 nitrogen and oxygen atoms in total. The van der Waals surface area contributed by atoms with Crippen molar-refractivity contribution < 1.29 is 19.1 Å². The Kier molecular flexibility index (Phi) is 6.26. The Morgan fingerprint density at radius 1 is 1.04 bits per heavy atom. The van der Waals surface area contributed by atoms with Crippen molar-refractivity contribution in [3.8, 4) is 5.75 Å². The molecule has 0 aromatic heterocycles. The molecule has 0 saturated carbocycles. The second-order valence-electron chi connectivity index (χ2n) is 6.37. The summed E-state index contributed by atoms with van der Waals surface area (Å²) in [6.45, 7) is 2.48. The number of hydrogen-bond donors (Lipinski definition) is 0. The molecule has 0 saturated heterocycles. The molecule has 27 heavy (non-hydrogen) atoms. The molecule has 0 radical (unpaired) electrons. The highest BCUT2D eigenvalue weighted by Crippen LogP contribution is 2.22. The molecule has 2 aromatic rings. The van der Waals surface area contributed by atoms with E-state index in [9.17, 15) is 9.59 Å². The van der Waals surface area contributed by atoms with Gasteiger partial charge < -0.3 is 14.4 Å².